The molecule has 0 amide bonds. The van der Waals surface area contributed by atoms with Gasteiger partial charge in [0.2, 0.25) is 0 Å². The highest BCUT2D eigenvalue weighted by Gasteiger charge is 2.20. The van der Waals surface area contributed by atoms with Crippen LogP contribution in [0.3, 0.4) is 0 Å². The number of thiophene rings is 1. The van der Waals surface area contributed by atoms with Crippen molar-refractivity contribution in [1.29, 1.82) is 0 Å². The van der Waals surface area contributed by atoms with Crippen LogP contribution in [0.25, 0.3) is 0 Å². The first-order chi connectivity index (χ1) is 9.35. The minimum Gasteiger partial charge on any atom is -0.391 e. The summed E-state index contributed by atoms with van der Waals surface area (Å²) in [6, 6.07) is 4.03. The first-order valence-electron chi connectivity index (χ1n) is 5.51. The van der Waals surface area contributed by atoms with Gasteiger partial charge in [-0.1, -0.05) is 0 Å². The van der Waals surface area contributed by atoms with Crippen LogP contribution in [0.4, 0.5) is 10.1 Å². The zero-order valence-corrected chi connectivity index (χ0v) is 13.6. The molecule has 2 aromatic rings. The lowest BCUT2D eigenvalue weighted by Gasteiger charge is -2.11. The van der Waals surface area contributed by atoms with E-state index in [2.05, 4.69) is 20.7 Å². The number of hydrogen-bond acceptors (Lipinski definition) is 4. The molecule has 1 aromatic heterocycles. The third-order valence-electron chi connectivity index (χ3n) is 2.65. The maximum absolute atomic E-state index is 13.3. The Morgan fingerprint density at radius 3 is 2.80 bits per heavy atom. The lowest BCUT2D eigenvalue weighted by molar-refractivity contribution is 0.282. The van der Waals surface area contributed by atoms with E-state index in [9.17, 15) is 12.8 Å². The Hall–Kier alpha value is -0.960. The van der Waals surface area contributed by atoms with Crippen molar-refractivity contribution in [3.8, 4) is 0 Å². The van der Waals surface area contributed by atoms with E-state index in [0.717, 1.165) is 11.3 Å². The average molecular weight is 380 g/mol. The molecule has 0 saturated heterocycles. The third-order valence-corrected chi connectivity index (χ3v) is 5.74. The van der Waals surface area contributed by atoms with Crippen molar-refractivity contribution in [2.45, 2.75) is 18.4 Å². The Morgan fingerprint density at radius 1 is 1.45 bits per heavy atom. The van der Waals surface area contributed by atoms with Gasteiger partial charge in [0.05, 0.1) is 21.6 Å². The second kappa shape index (κ2) is 5.80. The number of nitrogens with one attached hydrogen (secondary N) is 1. The van der Waals surface area contributed by atoms with E-state index in [1.165, 1.54) is 18.2 Å². The zero-order valence-electron chi connectivity index (χ0n) is 10.4. The van der Waals surface area contributed by atoms with E-state index in [1.807, 2.05) is 0 Å². The fourth-order valence-electron chi connectivity index (χ4n) is 1.64. The van der Waals surface area contributed by atoms with Gasteiger partial charge < -0.3 is 5.11 Å². The summed E-state index contributed by atoms with van der Waals surface area (Å²) >= 11 is 4.18. The number of aliphatic hydroxyl groups excluding tert-OH is 1. The van der Waals surface area contributed by atoms with Crippen LogP contribution < -0.4 is 4.72 Å². The monoisotopic (exact) mass is 379 g/mol. The molecule has 4 nitrogen and oxygen atoms in total. The first-order valence-corrected chi connectivity index (χ1v) is 8.66. The van der Waals surface area contributed by atoms with Crippen molar-refractivity contribution in [2.75, 3.05) is 4.72 Å². The van der Waals surface area contributed by atoms with E-state index >= 15 is 0 Å². The van der Waals surface area contributed by atoms with Crippen molar-refractivity contribution >= 4 is 43.0 Å². The number of anilines is 1. The largest absolute Gasteiger partial charge is 0.391 e. The Kier molecular flexibility index (Phi) is 4.48. The van der Waals surface area contributed by atoms with Crippen molar-refractivity contribution < 1.29 is 17.9 Å². The maximum atomic E-state index is 13.3. The fourth-order valence-corrected chi connectivity index (χ4v) is 4.40. The number of sulfonamides is 1. The standard InChI is InChI=1S/C12H11BrFNO3S2/c1-7-4-9(14)8(13)5-10(7)15-20(17,18)12-2-3-19-11(12)6-16/h2-5,15-16H,6H2,1H3. The maximum Gasteiger partial charge on any atom is 0.263 e. The molecular weight excluding hydrogens is 369 g/mol. The molecule has 2 rings (SSSR count). The van der Waals surface area contributed by atoms with E-state index in [1.54, 1.807) is 12.3 Å². The van der Waals surface area contributed by atoms with Gasteiger partial charge in [0.1, 0.15) is 10.7 Å². The van der Waals surface area contributed by atoms with E-state index in [-0.39, 0.29) is 21.7 Å². The molecule has 0 radical (unpaired) electrons. The van der Waals surface area contributed by atoms with Gasteiger partial charge in [-0.15, -0.1) is 11.3 Å². The smallest absolute Gasteiger partial charge is 0.263 e. The number of hydrogen-bond donors (Lipinski definition) is 2. The highest BCUT2D eigenvalue weighted by Crippen LogP contribution is 2.28. The lowest BCUT2D eigenvalue weighted by atomic mass is 10.2. The van der Waals surface area contributed by atoms with E-state index in [0.29, 0.717) is 10.4 Å². The number of rotatable bonds is 4. The first kappa shape index (κ1) is 15.4. The molecule has 0 fully saturated rings. The molecule has 2 N–H and O–H groups in total. The van der Waals surface area contributed by atoms with Crippen molar-refractivity contribution in [2.24, 2.45) is 0 Å². The summed E-state index contributed by atoms with van der Waals surface area (Å²) in [7, 11) is -3.81. The minimum atomic E-state index is -3.81. The fraction of sp³-hybridized carbons (Fsp3) is 0.167. The van der Waals surface area contributed by atoms with Crippen LogP contribution in [-0.4, -0.2) is 13.5 Å². The Bertz CT molecular complexity index is 743. The molecule has 0 spiro atoms. The Balaban J connectivity index is 2.41. The van der Waals surface area contributed by atoms with Crippen LogP contribution >= 0.6 is 27.3 Å². The molecule has 0 unspecified atom stereocenters. The highest BCUT2D eigenvalue weighted by atomic mass is 79.9. The van der Waals surface area contributed by atoms with Gasteiger partial charge in [0.15, 0.2) is 0 Å². The topological polar surface area (TPSA) is 66.4 Å². The van der Waals surface area contributed by atoms with Crippen LogP contribution in [0.5, 0.6) is 0 Å². The molecule has 0 saturated carbocycles. The van der Waals surface area contributed by atoms with Crippen molar-refractivity contribution in [3.05, 3.63) is 44.3 Å². The van der Waals surface area contributed by atoms with Gasteiger partial charge >= 0.3 is 0 Å². The molecule has 1 heterocycles. The van der Waals surface area contributed by atoms with Crippen LogP contribution in [0, 0.1) is 12.7 Å². The summed E-state index contributed by atoms with van der Waals surface area (Å²) in [5.41, 5.74) is 0.753. The van der Waals surface area contributed by atoms with E-state index < -0.39 is 15.8 Å². The minimum absolute atomic E-state index is 0.0323. The third kappa shape index (κ3) is 3.03. The molecule has 20 heavy (non-hydrogen) atoms. The second-order valence-electron chi connectivity index (χ2n) is 4.05. The molecule has 108 valence electrons. The van der Waals surface area contributed by atoms with Crippen molar-refractivity contribution in [1.82, 2.24) is 0 Å². The quantitative estimate of drug-likeness (QED) is 0.856. The lowest BCUT2D eigenvalue weighted by Crippen LogP contribution is -2.14. The van der Waals surface area contributed by atoms with Crippen LogP contribution in [0.15, 0.2) is 32.9 Å². The summed E-state index contributed by atoms with van der Waals surface area (Å²) in [6.45, 7) is 1.26. The summed E-state index contributed by atoms with van der Waals surface area (Å²) in [5.74, 6) is -0.461. The van der Waals surface area contributed by atoms with E-state index in [4.69, 9.17) is 5.11 Å². The number of benzene rings is 1. The van der Waals surface area contributed by atoms with Crippen LogP contribution in [-0.2, 0) is 16.6 Å². The van der Waals surface area contributed by atoms with Crippen LogP contribution in [0.2, 0.25) is 0 Å². The van der Waals surface area contributed by atoms with Gasteiger partial charge in [-0.3, -0.25) is 4.72 Å². The molecule has 0 aliphatic heterocycles. The predicted octanol–water partition coefficient (Wildman–Crippen LogP) is 3.25. The van der Waals surface area contributed by atoms with Crippen molar-refractivity contribution in [3.63, 3.8) is 0 Å². The number of aliphatic hydroxyl groups is 1. The number of halogens is 2. The molecule has 8 heteroatoms. The molecule has 0 bridgehead atoms. The summed E-state index contributed by atoms with van der Waals surface area (Å²) < 4.78 is 40.4. The Morgan fingerprint density at radius 2 is 2.15 bits per heavy atom. The van der Waals surface area contributed by atoms with Crippen LogP contribution in [0.1, 0.15) is 10.4 Å². The molecule has 1 aromatic carbocycles. The second-order valence-corrected chi connectivity index (χ2v) is 7.56. The van der Waals surface area contributed by atoms with Gasteiger partial charge in [0, 0.05) is 0 Å². The average Bonchev–Trinajstić information content (AvgIpc) is 2.84. The zero-order chi connectivity index (χ0) is 14.9. The van der Waals surface area contributed by atoms with Gasteiger partial charge in [0.25, 0.3) is 10.0 Å². The highest BCUT2D eigenvalue weighted by molar-refractivity contribution is 9.10. The normalized spacial score (nSPS) is 11.6. The predicted molar refractivity (Wildman–Crippen MR) is 79.9 cm³/mol. The van der Waals surface area contributed by atoms with Gasteiger partial charge in [-0.25, -0.2) is 12.8 Å². The Labute approximate surface area is 128 Å². The summed E-state index contributed by atoms with van der Waals surface area (Å²) in [4.78, 5) is 0.390. The summed E-state index contributed by atoms with van der Waals surface area (Å²) in [6.07, 6.45) is 0. The molecule has 0 aliphatic carbocycles. The van der Waals surface area contributed by atoms with Gasteiger partial charge in [-0.2, -0.15) is 0 Å². The summed E-state index contributed by atoms with van der Waals surface area (Å²) in [5, 5.41) is 10.7. The number of aryl methyl sites for hydroxylation is 1. The molecule has 0 atom stereocenters. The van der Waals surface area contributed by atoms with Gasteiger partial charge in [-0.05, 0) is 52.0 Å². The SMILES string of the molecule is Cc1cc(F)c(Br)cc1NS(=O)(=O)c1ccsc1CO. The molecular formula is C12H11BrFNO3S2. The molecule has 0 aliphatic rings.